The third kappa shape index (κ3) is 5.28. The average Bonchev–Trinajstić information content (AvgIpc) is 2.75. The van der Waals surface area contributed by atoms with Crippen LogP contribution in [0.25, 0.3) is 0 Å². The molecule has 1 atom stereocenters. The summed E-state index contributed by atoms with van der Waals surface area (Å²) in [6, 6.07) is 0. The molecule has 0 bridgehead atoms. The molecule has 1 aromatic heterocycles. The molecule has 0 aromatic carbocycles. The minimum atomic E-state index is 0.0601. The number of hydrogen-bond acceptors (Lipinski definition) is 5. The standard InChI is InChI=1S/C12H23N3O2/c1-2-3-10(6-8-13)4-5-12-14-11(7-9-16)15-17-12/h10,16H,2-9,13H2,1H3. The second kappa shape index (κ2) is 8.20. The zero-order valence-electron chi connectivity index (χ0n) is 10.6. The smallest absolute Gasteiger partial charge is 0.226 e. The lowest BCUT2D eigenvalue weighted by atomic mass is 9.94. The predicted molar refractivity (Wildman–Crippen MR) is 65.5 cm³/mol. The molecule has 0 saturated heterocycles. The SMILES string of the molecule is CCCC(CCN)CCc1nc(CCO)no1. The third-order valence-electron chi connectivity index (χ3n) is 2.88. The van der Waals surface area contributed by atoms with Gasteiger partial charge in [0.15, 0.2) is 5.82 Å². The first-order valence-electron chi connectivity index (χ1n) is 6.42. The Morgan fingerprint density at radius 1 is 1.29 bits per heavy atom. The quantitative estimate of drug-likeness (QED) is 0.680. The first-order valence-corrected chi connectivity index (χ1v) is 6.42. The monoisotopic (exact) mass is 241 g/mol. The number of nitrogens with two attached hydrogens (primary N) is 1. The zero-order valence-corrected chi connectivity index (χ0v) is 10.6. The van der Waals surface area contributed by atoms with Crippen molar-refractivity contribution in [2.45, 2.75) is 45.4 Å². The van der Waals surface area contributed by atoms with Gasteiger partial charge in [-0.3, -0.25) is 0 Å². The molecule has 1 unspecified atom stereocenters. The molecule has 0 spiro atoms. The third-order valence-corrected chi connectivity index (χ3v) is 2.88. The zero-order chi connectivity index (χ0) is 12.5. The summed E-state index contributed by atoms with van der Waals surface area (Å²) in [5.41, 5.74) is 5.59. The summed E-state index contributed by atoms with van der Waals surface area (Å²) in [5.74, 6) is 1.91. The molecule has 0 aliphatic heterocycles. The van der Waals surface area contributed by atoms with E-state index in [1.54, 1.807) is 0 Å². The molecule has 0 amide bonds. The Morgan fingerprint density at radius 3 is 2.76 bits per heavy atom. The lowest BCUT2D eigenvalue weighted by Gasteiger charge is -2.13. The highest BCUT2D eigenvalue weighted by molar-refractivity contribution is 4.87. The molecular weight excluding hydrogens is 218 g/mol. The molecule has 1 heterocycles. The van der Waals surface area contributed by atoms with Crippen LogP contribution >= 0.6 is 0 Å². The topological polar surface area (TPSA) is 85.2 Å². The minimum Gasteiger partial charge on any atom is -0.396 e. The van der Waals surface area contributed by atoms with Crippen molar-refractivity contribution in [2.24, 2.45) is 11.7 Å². The molecule has 17 heavy (non-hydrogen) atoms. The second-order valence-electron chi connectivity index (χ2n) is 4.35. The van der Waals surface area contributed by atoms with Crippen LogP contribution in [0.2, 0.25) is 0 Å². The van der Waals surface area contributed by atoms with E-state index in [1.165, 1.54) is 12.8 Å². The van der Waals surface area contributed by atoms with Gasteiger partial charge in [0.1, 0.15) is 0 Å². The molecule has 1 rings (SSSR count). The van der Waals surface area contributed by atoms with E-state index in [0.717, 1.165) is 25.8 Å². The lowest BCUT2D eigenvalue weighted by Crippen LogP contribution is -2.09. The molecule has 1 aromatic rings. The van der Waals surface area contributed by atoms with Crippen LogP contribution in [0.1, 0.15) is 44.3 Å². The number of rotatable bonds is 9. The molecule has 0 saturated carbocycles. The van der Waals surface area contributed by atoms with Gasteiger partial charge in [-0.05, 0) is 25.3 Å². The number of aliphatic hydroxyl groups is 1. The fraction of sp³-hybridized carbons (Fsp3) is 0.833. The van der Waals surface area contributed by atoms with Gasteiger partial charge < -0.3 is 15.4 Å². The predicted octanol–water partition coefficient (Wildman–Crippen LogP) is 1.30. The van der Waals surface area contributed by atoms with E-state index in [-0.39, 0.29) is 6.61 Å². The molecule has 0 aliphatic rings. The number of nitrogens with zero attached hydrogens (tertiary/aromatic N) is 2. The molecule has 0 fully saturated rings. The van der Waals surface area contributed by atoms with E-state index in [0.29, 0.717) is 24.1 Å². The fourth-order valence-corrected chi connectivity index (χ4v) is 2.00. The summed E-state index contributed by atoms with van der Waals surface area (Å²) in [4.78, 5) is 4.22. The Bertz CT molecular complexity index is 296. The fourth-order valence-electron chi connectivity index (χ4n) is 2.00. The summed E-state index contributed by atoms with van der Waals surface area (Å²) in [6.45, 7) is 2.99. The highest BCUT2D eigenvalue weighted by Gasteiger charge is 2.11. The summed E-state index contributed by atoms with van der Waals surface area (Å²) >= 11 is 0. The van der Waals surface area contributed by atoms with Gasteiger partial charge in [-0.2, -0.15) is 4.98 Å². The average molecular weight is 241 g/mol. The Labute approximate surface area is 102 Å². The van der Waals surface area contributed by atoms with Crippen LogP contribution in [-0.2, 0) is 12.8 Å². The largest absolute Gasteiger partial charge is 0.396 e. The number of aromatic nitrogens is 2. The van der Waals surface area contributed by atoms with Crippen molar-refractivity contribution in [1.82, 2.24) is 10.1 Å². The normalized spacial score (nSPS) is 12.9. The molecule has 0 radical (unpaired) electrons. The Morgan fingerprint density at radius 2 is 2.12 bits per heavy atom. The van der Waals surface area contributed by atoms with Gasteiger partial charge in [0.25, 0.3) is 0 Å². The van der Waals surface area contributed by atoms with Gasteiger partial charge in [-0.15, -0.1) is 0 Å². The van der Waals surface area contributed by atoms with Crippen LogP contribution in [0.5, 0.6) is 0 Å². The minimum absolute atomic E-state index is 0.0601. The van der Waals surface area contributed by atoms with E-state index in [1.807, 2.05) is 0 Å². The molecule has 3 N–H and O–H groups in total. The van der Waals surface area contributed by atoms with Crippen molar-refractivity contribution in [3.63, 3.8) is 0 Å². The molecule has 0 aliphatic carbocycles. The number of aliphatic hydroxyl groups excluding tert-OH is 1. The van der Waals surface area contributed by atoms with E-state index in [2.05, 4.69) is 17.1 Å². The Kier molecular flexibility index (Phi) is 6.81. The van der Waals surface area contributed by atoms with Gasteiger partial charge >= 0.3 is 0 Å². The molecular formula is C12H23N3O2. The number of aryl methyl sites for hydroxylation is 1. The van der Waals surface area contributed by atoms with Crippen molar-refractivity contribution in [3.05, 3.63) is 11.7 Å². The van der Waals surface area contributed by atoms with Crippen LogP contribution in [0.3, 0.4) is 0 Å². The maximum atomic E-state index is 8.75. The first kappa shape index (κ1) is 14.1. The molecule has 5 heteroatoms. The lowest BCUT2D eigenvalue weighted by molar-refractivity contribution is 0.292. The second-order valence-corrected chi connectivity index (χ2v) is 4.35. The summed E-state index contributed by atoms with van der Waals surface area (Å²) < 4.78 is 5.12. The van der Waals surface area contributed by atoms with Gasteiger partial charge in [-0.25, -0.2) is 0 Å². The van der Waals surface area contributed by atoms with Gasteiger partial charge in [-0.1, -0.05) is 24.9 Å². The van der Waals surface area contributed by atoms with Crippen molar-refractivity contribution in [2.75, 3.05) is 13.2 Å². The van der Waals surface area contributed by atoms with Gasteiger partial charge in [0, 0.05) is 12.8 Å². The van der Waals surface area contributed by atoms with Crippen LogP contribution in [0.15, 0.2) is 4.52 Å². The summed E-state index contributed by atoms with van der Waals surface area (Å²) in [5, 5.41) is 12.6. The summed E-state index contributed by atoms with van der Waals surface area (Å²) in [7, 11) is 0. The highest BCUT2D eigenvalue weighted by Crippen LogP contribution is 2.17. The van der Waals surface area contributed by atoms with E-state index in [4.69, 9.17) is 15.4 Å². The van der Waals surface area contributed by atoms with Crippen LogP contribution in [0.4, 0.5) is 0 Å². The van der Waals surface area contributed by atoms with Crippen LogP contribution in [0, 0.1) is 5.92 Å². The van der Waals surface area contributed by atoms with E-state index in [9.17, 15) is 0 Å². The van der Waals surface area contributed by atoms with Gasteiger partial charge in [0.2, 0.25) is 5.89 Å². The Balaban J connectivity index is 2.35. The maximum Gasteiger partial charge on any atom is 0.226 e. The van der Waals surface area contributed by atoms with Crippen molar-refractivity contribution in [3.8, 4) is 0 Å². The summed E-state index contributed by atoms with van der Waals surface area (Å²) in [6.07, 6.45) is 5.77. The molecule has 5 nitrogen and oxygen atoms in total. The van der Waals surface area contributed by atoms with E-state index >= 15 is 0 Å². The number of hydrogen-bond donors (Lipinski definition) is 2. The van der Waals surface area contributed by atoms with Gasteiger partial charge in [0.05, 0.1) is 6.61 Å². The van der Waals surface area contributed by atoms with Crippen molar-refractivity contribution < 1.29 is 9.63 Å². The van der Waals surface area contributed by atoms with Crippen molar-refractivity contribution >= 4 is 0 Å². The maximum absolute atomic E-state index is 8.75. The van der Waals surface area contributed by atoms with Crippen LogP contribution in [-0.4, -0.2) is 28.4 Å². The molecule has 98 valence electrons. The van der Waals surface area contributed by atoms with Crippen molar-refractivity contribution in [1.29, 1.82) is 0 Å². The van der Waals surface area contributed by atoms with E-state index < -0.39 is 0 Å². The first-order chi connectivity index (χ1) is 8.30. The highest BCUT2D eigenvalue weighted by atomic mass is 16.5. The Hall–Kier alpha value is -0.940. The van der Waals surface area contributed by atoms with Crippen LogP contribution < -0.4 is 5.73 Å².